The van der Waals surface area contributed by atoms with Gasteiger partial charge in [-0.3, -0.25) is 0 Å². The topological polar surface area (TPSA) is 61.8 Å². The first kappa shape index (κ1) is 11.8. The largest absolute Gasteiger partial charge is 0.382 e. The zero-order valence-electron chi connectivity index (χ0n) is 8.20. The van der Waals surface area contributed by atoms with Gasteiger partial charge in [0.15, 0.2) is 0 Å². The number of hydrogen-bond donors (Lipinski definition) is 2. The van der Waals surface area contributed by atoms with E-state index in [1.54, 1.807) is 12.1 Å². The van der Waals surface area contributed by atoms with Crippen molar-refractivity contribution >= 4 is 21.6 Å². The third-order valence-electron chi connectivity index (χ3n) is 1.75. The average Bonchev–Trinajstić information content (AvgIpc) is 2.23. The SMILES string of the molecule is N#Cc1cc(Br)cc(NC/C=C/CN)c1. The molecule has 1 aromatic carbocycles. The van der Waals surface area contributed by atoms with Gasteiger partial charge in [0, 0.05) is 23.2 Å². The Bertz CT molecular complexity index is 393. The van der Waals surface area contributed by atoms with Crippen molar-refractivity contribution < 1.29 is 0 Å². The maximum atomic E-state index is 8.77. The fourth-order valence-corrected chi connectivity index (χ4v) is 1.61. The molecule has 0 spiro atoms. The highest BCUT2D eigenvalue weighted by atomic mass is 79.9. The van der Waals surface area contributed by atoms with Crippen LogP contribution in [0.25, 0.3) is 0 Å². The van der Waals surface area contributed by atoms with Gasteiger partial charge in [-0.1, -0.05) is 28.1 Å². The van der Waals surface area contributed by atoms with Gasteiger partial charge in [-0.15, -0.1) is 0 Å². The Kier molecular flexibility index (Phi) is 4.88. The molecule has 0 saturated heterocycles. The molecule has 3 nitrogen and oxygen atoms in total. The van der Waals surface area contributed by atoms with Gasteiger partial charge >= 0.3 is 0 Å². The van der Waals surface area contributed by atoms with Crippen molar-refractivity contribution in [3.63, 3.8) is 0 Å². The summed E-state index contributed by atoms with van der Waals surface area (Å²) in [5, 5.41) is 11.9. The second-order valence-corrected chi connectivity index (χ2v) is 3.84. The summed E-state index contributed by atoms with van der Waals surface area (Å²) >= 11 is 3.35. The number of anilines is 1. The van der Waals surface area contributed by atoms with Crippen molar-refractivity contribution in [2.45, 2.75) is 0 Å². The summed E-state index contributed by atoms with van der Waals surface area (Å²) in [7, 11) is 0. The van der Waals surface area contributed by atoms with Crippen LogP contribution in [0, 0.1) is 11.3 Å². The molecule has 3 N–H and O–H groups in total. The summed E-state index contributed by atoms with van der Waals surface area (Å²) in [6.07, 6.45) is 3.84. The number of hydrogen-bond acceptors (Lipinski definition) is 3. The minimum atomic E-state index is 0.545. The molecule has 0 aromatic heterocycles. The second kappa shape index (κ2) is 6.23. The maximum absolute atomic E-state index is 8.77. The molecule has 1 aromatic rings. The molecule has 0 aliphatic carbocycles. The van der Waals surface area contributed by atoms with Gasteiger partial charge in [0.1, 0.15) is 0 Å². The predicted molar refractivity (Wildman–Crippen MR) is 65.5 cm³/mol. The molecule has 0 unspecified atom stereocenters. The van der Waals surface area contributed by atoms with E-state index in [9.17, 15) is 0 Å². The van der Waals surface area contributed by atoms with Crippen LogP contribution < -0.4 is 11.1 Å². The molecule has 0 aliphatic heterocycles. The van der Waals surface area contributed by atoms with E-state index in [0.29, 0.717) is 18.7 Å². The highest BCUT2D eigenvalue weighted by Gasteiger charge is 1.97. The summed E-state index contributed by atoms with van der Waals surface area (Å²) in [5.41, 5.74) is 6.87. The van der Waals surface area contributed by atoms with E-state index >= 15 is 0 Å². The molecular formula is C11H12BrN3. The fourth-order valence-electron chi connectivity index (χ4n) is 1.11. The van der Waals surface area contributed by atoms with E-state index in [1.165, 1.54) is 0 Å². The van der Waals surface area contributed by atoms with E-state index in [-0.39, 0.29) is 0 Å². The summed E-state index contributed by atoms with van der Waals surface area (Å²) in [6.45, 7) is 1.25. The normalized spacial score (nSPS) is 10.2. The molecule has 0 aliphatic rings. The van der Waals surface area contributed by atoms with Crippen LogP contribution in [0.5, 0.6) is 0 Å². The van der Waals surface area contributed by atoms with Gasteiger partial charge in [0.2, 0.25) is 0 Å². The molecular weight excluding hydrogens is 254 g/mol. The van der Waals surface area contributed by atoms with Crippen molar-refractivity contribution in [3.05, 3.63) is 40.4 Å². The minimum absolute atomic E-state index is 0.545. The molecule has 15 heavy (non-hydrogen) atoms. The highest BCUT2D eigenvalue weighted by molar-refractivity contribution is 9.10. The molecule has 0 bridgehead atoms. The van der Waals surface area contributed by atoms with Crippen molar-refractivity contribution in [1.82, 2.24) is 0 Å². The second-order valence-electron chi connectivity index (χ2n) is 2.93. The Labute approximate surface area is 97.7 Å². The van der Waals surface area contributed by atoms with Crippen LogP contribution in [0.4, 0.5) is 5.69 Å². The van der Waals surface area contributed by atoms with E-state index in [4.69, 9.17) is 11.0 Å². The molecule has 4 heteroatoms. The lowest BCUT2D eigenvalue weighted by Crippen LogP contribution is -2.00. The minimum Gasteiger partial charge on any atom is -0.382 e. The van der Waals surface area contributed by atoms with Crippen LogP contribution >= 0.6 is 15.9 Å². The number of nitrogens with zero attached hydrogens (tertiary/aromatic N) is 1. The Morgan fingerprint density at radius 1 is 1.40 bits per heavy atom. The fraction of sp³-hybridized carbons (Fsp3) is 0.182. The number of nitriles is 1. The number of nitrogens with one attached hydrogen (secondary N) is 1. The van der Waals surface area contributed by atoms with Gasteiger partial charge in [-0.2, -0.15) is 5.26 Å². The van der Waals surface area contributed by atoms with E-state index in [2.05, 4.69) is 27.3 Å². The van der Waals surface area contributed by atoms with Crippen LogP contribution in [0.3, 0.4) is 0 Å². The van der Waals surface area contributed by atoms with E-state index in [0.717, 1.165) is 10.2 Å². The summed E-state index contributed by atoms with van der Waals surface area (Å²) in [6, 6.07) is 7.61. The lowest BCUT2D eigenvalue weighted by atomic mass is 10.2. The Balaban J connectivity index is 2.65. The zero-order chi connectivity index (χ0) is 11.1. The van der Waals surface area contributed by atoms with Crippen molar-refractivity contribution in [1.29, 1.82) is 5.26 Å². The molecule has 0 saturated carbocycles. The first-order valence-electron chi connectivity index (χ1n) is 4.56. The average molecular weight is 266 g/mol. The van der Waals surface area contributed by atoms with Gasteiger partial charge in [-0.25, -0.2) is 0 Å². The smallest absolute Gasteiger partial charge is 0.0992 e. The Morgan fingerprint density at radius 2 is 2.20 bits per heavy atom. The maximum Gasteiger partial charge on any atom is 0.0992 e. The first-order valence-corrected chi connectivity index (χ1v) is 5.35. The Hall–Kier alpha value is -1.31. The molecule has 78 valence electrons. The molecule has 0 heterocycles. The number of halogens is 1. The number of rotatable bonds is 4. The van der Waals surface area contributed by atoms with Crippen LogP contribution in [-0.4, -0.2) is 13.1 Å². The predicted octanol–water partition coefficient (Wildman–Crippen LogP) is 2.25. The third-order valence-corrected chi connectivity index (χ3v) is 2.21. The summed E-state index contributed by atoms with van der Waals surface area (Å²) in [4.78, 5) is 0. The van der Waals surface area contributed by atoms with Crippen molar-refractivity contribution in [2.24, 2.45) is 5.73 Å². The van der Waals surface area contributed by atoms with Gasteiger partial charge in [0.25, 0.3) is 0 Å². The third kappa shape index (κ3) is 4.15. The van der Waals surface area contributed by atoms with Crippen LogP contribution in [0.15, 0.2) is 34.8 Å². The standard InChI is InChI=1S/C11H12BrN3/c12-10-5-9(8-14)6-11(7-10)15-4-2-1-3-13/h1-2,5-7,15H,3-4,13H2/b2-1+. The van der Waals surface area contributed by atoms with Gasteiger partial charge < -0.3 is 11.1 Å². The highest BCUT2D eigenvalue weighted by Crippen LogP contribution is 2.18. The monoisotopic (exact) mass is 265 g/mol. The molecule has 0 atom stereocenters. The van der Waals surface area contributed by atoms with Crippen LogP contribution in [0.2, 0.25) is 0 Å². The van der Waals surface area contributed by atoms with Crippen LogP contribution in [-0.2, 0) is 0 Å². The summed E-state index contributed by atoms with van der Waals surface area (Å²) in [5.74, 6) is 0. The number of benzene rings is 1. The van der Waals surface area contributed by atoms with Crippen LogP contribution in [0.1, 0.15) is 5.56 Å². The Morgan fingerprint density at radius 3 is 2.87 bits per heavy atom. The molecule has 0 amide bonds. The lowest BCUT2D eigenvalue weighted by Gasteiger charge is -2.04. The quantitative estimate of drug-likeness (QED) is 0.821. The zero-order valence-corrected chi connectivity index (χ0v) is 9.79. The lowest BCUT2D eigenvalue weighted by molar-refractivity contribution is 1.22. The van der Waals surface area contributed by atoms with Gasteiger partial charge in [-0.05, 0) is 18.2 Å². The first-order chi connectivity index (χ1) is 7.26. The van der Waals surface area contributed by atoms with Gasteiger partial charge in [0.05, 0.1) is 11.6 Å². The molecule has 0 radical (unpaired) electrons. The van der Waals surface area contributed by atoms with Crippen molar-refractivity contribution in [3.8, 4) is 6.07 Å². The number of nitrogens with two attached hydrogens (primary N) is 1. The summed E-state index contributed by atoms with van der Waals surface area (Å²) < 4.78 is 0.895. The van der Waals surface area contributed by atoms with E-state index in [1.807, 2.05) is 18.2 Å². The molecule has 0 fully saturated rings. The van der Waals surface area contributed by atoms with Crippen molar-refractivity contribution in [2.75, 3.05) is 18.4 Å². The van der Waals surface area contributed by atoms with E-state index < -0.39 is 0 Å². The molecule has 1 rings (SSSR count).